The summed E-state index contributed by atoms with van der Waals surface area (Å²) in [4.78, 5) is 39.1. The molecule has 2 aromatic carbocycles. The lowest BCUT2D eigenvalue weighted by Crippen LogP contribution is -2.54. The number of H-pyrrole nitrogens is 1. The van der Waals surface area contributed by atoms with Crippen molar-refractivity contribution in [3.8, 4) is 0 Å². The van der Waals surface area contributed by atoms with Crippen molar-refractivity contribution in [2.24, 2.45) is 0 Å². The number of aromatic nitrogens is 5. The molecule has 0 unspecified atom stereocenters. The molecule has 3 heterocycles. The van der Waals surface area contributed by atoms with Gasteiger partial charge in [-0.2, -0.15) is 18.3 Å². The van der Waals surface area contributed by atoms with Crippen molar-refractivity contribution in [3.63, 3.8) is 0 Å². The number of nitrogens with zero attached hydrogens (tertiary/aromatic N) is 5. The van der Waals surface area contributed by atoms with E-state index in [1.54, 1.807) is 36.4 Å². The number of amides is 1. The van der Waals surface area contributed by atoms with Crippen LogP contribution in [0.25, 0.3) is 10.8 Å². The van der Waals surface area contributed by atoms with E-state index in [1.807, 2.05) is 12.1 Å². The van der Waals surface area contributed by atoms with Gasteiger partial charge in [0.05, 0.1) is 29.3 Å². The molecule has 0 spiro atoms. The summed E-state index contributed by atoms with van der Waals surface area (Å²) in [7, 11) is 0. The molecule has 5 rings (SSSR count). The molecule has 0 radical (unpaired) electrons. The quantitative estimate of drug-likeness (QED) is 0.425. The molecule has 37 heavy (non-hydrogen) atoms. The molecular weight excluding hydrogens is 489 g/mol. The monoisotopic (exact) mass is 511 g/mol. The number of carbonyl (C=O) groups excluding carboxylic acids is 2. The maximum atomic E-state index is 13.5. The van der Waals surface area contributed by atoms with E-state index in [0.29, 0.717) is 28.5 Å². The van der Waals surface area contributed by atoms with Gasteiger partial charge in [-0.1, -0.05) is 37.3 Å². The van der Waals surface area contributed by atoms with Gasteiger partial charge in [-0.05, 0) is 28.4 Å². The lowest BCUT2D eigenvalue weighted by atomic mass is 10.0. The molecule has 0 bridgehead atoms. The van der Waals surface area contributed by atoms with Crippen LogP contribution in [0.5, 0.6) is 0 Å². The van der Waals surface area contributed by atoms with Crippen LogP contribution in [0.1, 0.15) is 51.4 Å². The van der Waals surface area contributed by atoms with Crippen LogP contribution >= 0.6 is 0 Å². The van der Waals surface area contributed by atoms with E-state index in [-0.39, 0.29) is 43.3 Å². The van der Waals surface area contributed by atoms with E-state index < -0.39 is 17.9 Å². The highest BCUT2D eigenvalue weighted by Gasteiger charge is 2.48. The predicted molar refractivity (Wildman–Crippen MR) is 125 cm³/mol. The second-order valence-electron chi connectivity index (χ2n) is 8.70. The van der Waals surface area contributed by atoms with Crippen molar-refractivity contribution in [1.29, 1.82) is 0 Å². The molecule has 2 aromatic heterocycles. The first-order chi connectivity index (χ1) is 17.7. The van der Waals surface area contributed by atoms with Crippen LogP contribution in [-0.4, -0.2) is 43.2 Å². The van der Waals surface area contributed by atoms with Crippen molar-refractivity contribution >= 4 is 22.6 Å². The van der Waals surface area contributed by atoms with Gasteiger partial charge in [-0.25, -0.2) is 9.67 Å². The third-order valence-corrected chi connectivity index (χ3v) is 6.33. The highest BCUT2D eigenvalue weighted by molar-refractivity contribution is 5.94. The molecule has 1 amide bonds. The lowest BCUT2D eigenvalue weighted by Gasteiger charge is -2.25. The van der Waals surface area contributed by atoms with Gasteiger partial charge in [0, 0.05) is 23.8 Å². The van der Waals surface area contributed by atoms with E-state index in [4.69, 9.17) is 0 Å². The van der Waals surface area contributed by atoms with E-state index in [1.165, 1.54) is 11.8 Å². The zero-order chi connectivity index (χ0) is 26.3. The van der Waals surface area contributed by atoms with E-state index in [2.05, 4.69) is 15.3 Å². The highest BCUT2D eigenvalue weighted by Crippen LogP contribution is 2.27. The van der Waals surface area contributed by atoms with Crippen LogP contribution in [-0.2, 0) is 25.7 Å². The van der Waals surface area contributed by atoms with Gasteiger partial charge in [-0.15, -0.1) is 0 Å². The molecule has 9 nitrogen and oxygen atoms in total. The number of benzene rings is 2. The predicted octanol–water partition coefficient (Wildman–Crippen LogP) is 2.72. The average Bonchev–Trinajstić information content (AvgIpc) is 3.29. The minimum atomic E-state index is -4.73. The van der Waals surface area contributed by atoms with Crippen LogP contribution < -0.4 is 10.1 Å². The third-order valence-electron chi connectivity index (χ3n) is 6.33. The Labute approximate surface area is 208 Å². The van der Waals surface area contributed by atoms with Gasteiger partial charge in [0.25, 0.3) is 17.3 Å². The normalized spacial score (nSPS) is 13.6. The topological polar surface area (TPSA) is 105 Å². The first kappa shape index (κ1) is 24.3. The van der Waals surface area contributed by atoms with Crippen molar-refractivity contribution < 1.29 is 27.3 Å². The summed E-state index contributed by atoms with van der Waals surface area (Å²) in [6, 6.07) is 14.0. The number of aromatic amines is 1. The second kappa shape index (κ2) is 9.26. The fourth-order valence-electron chi connectivity index (χ4n) is 4.53. The Bertz CT molecular complexity index is 1590. The summed E-state index contributed by atoms with van der Waals surface area (Å²) in [5, 5.41) is 11.4. The minimum absolute atomic E-state index is 0.0128. The molecule has 0 saturated carbocycles. The number of nitrogens with one attached hydrogen (secondary N) is 1. The number of alkyl halides is 3. The van der Waals surface area contributed by atoms with Gasteiger partial charge >= 0.3 is 17.9 Å². The Morgan fingerprint density at radius 3 is 2.59 bits per heavy atom. The SMILES string of the molecule is CCC(=O)n1nc(C(F)(F)F)[n+]2c1CN(C(=O)c1cccc(Cc3n[nH]c(=O)c4ccccc34)c1)CC2. The fraction of sp³-hybridized carbons (Fsp3) is 0.280. The summed E-state index contributed by atoms with van der Waals surface area (Å²) in [5.41, 5.74) is 1.47. The third kappa shape index (κ3) is 4.50. The molecule has 0 saturated heterocycles. The van der Waals surface area contributed by atoms with Crippen LogP contribution in [0.15, 0.2) is 53.3 Å². The van der Waals surface area contributed by atoms with Crippen LogP contribution in [0, 0.1) is 0 Å². The average molecular weight is 511 g/mol. The summed E-state index contributed by atoms with van der Waals surface area (Å²) >= 11 is 0. The Hall–Kier alpha value is -4.35. The van der Waals surface area contributed by atoms with Crippen LogP contribution in [0.3, 0.4) is 0 Å². The molecule has 0 aliphatic carbocycles. The highest BCUT2D eigenvalue weighted by atomic mass is 19.4. The minimum Gasteiger partial charge on any atom is -0.325 e. The molecule has 1 aliphatic rings. The molecule has 12 heteroatoms. The molecule has 1 N–H and O–H groups in total. The molecule has 0 fully saturated rings. The van der Waals surface area contributed by atoms with Crippen molar-refractivity contribution in [2.45, 2.75) is 39.0 Å². The molecule has 1 aliphatic heterocycles. The first-order valence-corrected chi connectivity index (χ1v) is 11.6. The maximum Gasteiger partial charge on any atom is 0.485 e. The van der Waals surface area contributed by atoms with Gasteiger partial charge in [-0.3, -0.25) is 14.4 Å². The van der Waals surface area contributed by atoms with Gasteiger partial charge in [0.15, 0.2) is 0 Å². The number of fused-ring (bicyclic) bond motifs is 2. The van der Waals surface area contributed by atoms with E-state index in [0.717, 1.165) is 14.8 Å². The Morgan fingerprint density at radius 1 is 1.11 bits per heavy atom. The summed E-state index contributed by atoms with van der Waals surface area (Å²) in [5.74, 6) is -2.10. The van der Waals surface area contributed by atoms with Crippen LogP contribution in [0.2, 0.25) is 0 Å². The molecule has 0 atom stereocenters. The second-order valence-corrected chi connectivity index (χ2v) is 8.70. The van der Waals surface area contributed by atoms with Crippen LogP contribution in [0.4, 0.5) is 13.2 Å². The number of hydrogen-bond acceptors (Lipinski definition) is 5. The Morgan fingerprint density at radius 2 is 1.86 bits per heavy atom. The molecule has 190 valence electrons. The molecule has 4 aromatic rings. The zero-order valence-electron chi connectivity index (χ0n) is 19.7. The van der Waals surface area contributed by atoms with Gasteiger partial charge in [0.2, 0.25) is 0 Å². The number of halogens is 3. The van der Waals surface area contributed by atoms with Gasteiger partial charge in [0.1, 0.15) is 6.54 Å². The standard InChI is InChI=1S/C25H21F3N6O3/c1-2-21(35)34-20-14-32(10-11-33(20)24(31-34)25(26,27)28)23(37)16-7-5-6-15(12-16)13-19-17-8-3-4-9-18(17)22(36)30-29-19/h3-9,12H,2,10-11,13-14H2,1H3/p+1. The number of hydrogen-bond donors (Lipinski definition) is 1. The lowest BCUT2D eigenvalue weighted by molar-refractivity contribution is -0.728. The summed E-state index contributed by atoms with van der Waals surface area (Å²) < 4.78 is 42.2. The fourth-order valence-corrected chi connectivity index (χ4v) is 4.53. The van der Waals surface area contributed by atoms with E-state index in [9.17, 15) is 27.6 Å². The maximum absolute atomic E-state index is 13.5. The van der Waals surface area contributed by atoms with Crippen molar-refractivity contribution in [3.05, 3.63) is 87.4 Å². The van der Waals surface area contributed by atoms with E-state index >= 15 is 0 Å². The summed E-state index contributed by atoms with van der Waals surface area (Å²) in [6.07, 6.45) is -4.41. The van der Waals surface area contributed by atoms with Gasteiger partial charge < -0.3 is 4.90 Å². The van der Waals surface area contributed by atoms with Crippen molar-refractivity contribution in [1.82, 2.24) is 24.9 Å². The smallest absolute Gasteiger partial charge is 0.325 e. The number of carbonyl (C=O) groups is 2. The summed E-state index contributed by atoms with van der Waals surface area (Å²) in [6.45, 7) is 1.23. The Balaban J connectivity index is 1.42. The Kier molecular flexibility index (Phi) is 6.10. The molecular formula is C25H22F3N6O3+. The zero-order valence-corrected chi connectivity index (χ0v) is 19.7. The largest absolute Gasteiger partial charge is 0.485 e. The van der Waals surface area contributed by atoms with Crippen molar-refractivity contribution in [2.75, 3.05) is 6.54 Å². The first-order valence-electron chi connectivity index (χ1n) is 11.6. The number of rotatable bonds is 4.